The van der Waals surface area contributed by atoms with Crippen LogP contribution in [0, 0.1) is 5.41 Å². The lowest BCUT2D eigenvalue weighted by atomic mass is 9.97. The highest BCUT2D eigenvalue weighted by Crippen LogP contribution is 2.34. The molecule has 18 heavy (non-hydrogen) atoms. The summed E-state index contributed by atoms with van der Waals surface area (Å²) in [5.74, 6) is -0.119. The first-order chi connectivity index (χ1) is 7.81. The Morgan fingerprint density at radius 3 is 2.06 bits per heavy atom. The summed E-state index contributed by atoms with van der Waals surface area (Å²) >= 11 is -0.0868. The van der Waals surface area contributed by atoms with Crippen LogP contribution in [0.15, 0.2) is 0 Å². The van der Waals surface area contributed by atoms with Gasteiger partial charge in [0, 0.05) is 12.3 Å². The second-order valence-corrected chi connectivity index (χ2v) is 6.79. The van der Waals surface area contributed by atoms with Crippen LogP contribution in [-0.2, 0) is 4.74 Å². The third-order valence-corrected chi connectivity index (χ3v) is 2.99. The smallest absolute Gasteiger partial charge is 0.441 e. The summed E-state index contributed by atoms with van der Waals surface area (Å²) in [5, 5.41) is 2.47. The van der Waals surface area contributed by atoms with E-state index >= 15 is 0 Å². The lowest BCUT2D eigenvalue weighted by Gasteiger charge is -2.26. The van der Waals surface area contributed by atoms with Gasteiger partial charge in [-0.3, -0.25) is 0 Å². The molecule has 0 saturated heterocycles. The van der Waals surface area contributed by atoms with Crippen LogP contribution in [0.4, 0.5) is 18.0 Å². The summed E-state index contributed by atoms with van der Waals surface area (Å²) < 4.78 is 41.2. The predicted octanol–water partition coefficient (Wildman–Crippen LogP) is 3.79. The number of ether oxygens (including phenoxy) is 1. The molecule has 0 saturated carbocycles. The number of alkyl halides is 3. The van der Waals surface area contributed by atoms with Crippen LogP contribution in [0.5, 0.6) is 0 Å². The molecule has 0 aromatic rings. The number of amides is 1. The molecule has 0 aromatic heterocycles. The molecule has 1 amide bonds. The van der Waals surface area contributed by atoms with Gasteiger partial charge in [-0.05, 0) is 26.2 Å². The number of halogens is 3. The van der Waals surface area contributed by atoms with E-state index in [0.717, 1.165) is 0 Å². The van der Waals surface area contributed by atoms with Gasteiger partial charge in [-0.2, -0.15) is 13.2 Å². The highest BCUT2D eigenvalue weighted by molar-refractivity contribution is 8.00. The summed E-state index contributed by atoms with van der Waals surface area (Å²) in [4.78, 5) is 11.3. The monoisotopic (exact) mass is 287 g/mol. The molecule has 0 aliphatic rings. The van der Waals surface area contributed by atoms with Gasteiger partial charge in [0.15, 0.2) is 0 Å². The zero-order valence-corrected chi connectivity index (χ0v) is 12.1. The number of carbonyl (C=O) groups is 1. The second kappa shape index (κ2) is 6.04. The Morgan fingerprint density at radius 1 is 1.17 bits per heavy atom. The Morgan fingerprint density at radius 2 is 1.67 bits per heavy atom. The quantitative estimate of drug-likeness (QED) is 0.855. The normalized spacial score (nSPS) is 13.3. The molecule has 0 spiro atoms. The molecule has 0 atom stereocenters. The number of thioether (sulfide) groups is 1. The molecule has 0 rings (SSSR count). The van der Waals surface area contributed by atoms with Crippen LogP contribution in [0.3, 0.4) is 0 Å². The Hall–Kier alpha value is -0.590. The van der Waals surface area contributed by atoms with Crippen molar-refractivity contribution >= 4 is 17.9 Å². The minimum absolute atomic E-state index is 0.0868. The number of rotatable bonds is 4. The van der Waals surface area contributed by atoms with E-state index in [9.17, 15) is 18.0 Å². The fourth-order valence-corrected chi connectivity index (χ4v) is 1.61. The number of hydrogen-bond donors (Lipinski definition) is 1. The SMILES string of the molecule is CC(C)(CNC(=O)OC(C)(C)C)CSC(F)(F)F. The van der Waals surface area contributed by atoms with Crippen LogP contribution >= 0.6 is 11.8 Å². The lowest BCUT2D eigenvalue weighted by Crippen LogP contribution is -2.39. The molecule has 7 heteroatoms. The highest BCUT2D eigenvalue weighted by Gasteiger charge is 2.32. The van der Waals surface area contributed by atoms with E-state index < -0.39 is 22.6 Å². The van der Waals surface area contributed by atoms with Crippen LogP contribution in [0.1, 0.15) is 34.6 Å². The van der Waals surface area contributed by atoms with Gasteiger partial charge in [-0.15, -0.1) is 0 Å². The third-order valence-electron chi connectivity index (χ3n) is 1.74. The van der Waals surface area contributed by atoms with E-state index in [1.165, 1.54) is 0 Å². The molecule has 0 aliphatic carbocycles. The van der Waals surface area contributed by atoms with Crippen molar-refractivity contribution in [3.63, 3.8) is 0 Å². The van der Waals surface area contributed by atoms with Crippen molar-refractivity contribution in [1.82, 2.24) is 5.32 Å². The number of nitrogens with one attached hydrogen (secondary N) is 1. The van der Waals surface area contributed by atoms with E-state index in [2.05, 4.69) is 5.32 Å². The van der Waals surface area contributed by atoms with Crippen molar-refractivity contribution in [3.8, 4) is 0 Å². The standard InChI is InChI=1S/C11H20F3NO2S/c1-9(2,3)17-8(16)15-6-10(4,5)7-18-11(12,13)14/h6-7H2,1-5H3,(H,15,16). The maximum Gasteiger partial charge on any atom is 0.441 e. The molecular formula is C11H20F3NO2S. The van der Waals surface area contributed by atoms with E-state index in [4.69, 9.17) is 4.74 Å². The van der Waals surface area contributed by atoms with Crippen molar-refractivity contribution in [2.75, 3.05) is 12.3 Å². The van der Waals surface area contributed by atoms with Crippen molar-refractivity contribution in [3.05, 3.63) is 0 Å². The fourth-order valence-electron chi connectivity index (χ4n) is 0.954. The van der Waals surface area contributed by atoms with E-state index in [0.29, 0.717) is 0 Å². The van der Waals surface area contributed by atoms with Gasteiger partial charge in [-0.25, -0.2) is 4.79 Å². The van der Waals surface area contributed by atoms with E-state index in [-0.39, 0.29) is 24.1 Å². The van der Waals surface area contributed by atoms with Gasteiger partial charge >= 0.3 is 11.6 Å². The fraction of sp³-hybridized carbons (Fsp3) is 0.909. The molecule has 0 aliphatic heterocycles. The van der Waals surface area contributed by atoms with Crippen LogP contribution in [0.2, 0.25) is 0 Å². The Bertz CT molecular complexity index is 285. The molecule has 3 nitrogen and oxygen atoms in total. The van der Waals surface area contributed by atoms with Crippen LogP contribution in [-0.4, -0.2) is 29.5 Å². The van der Waals surface area contributed by atoms with Crippen molar-refractivity contribution in [1.29, 1.82) is 0 Å². The largest absolute Gasteiger partial charge is 0.444 e. The summed E-state index contributed by atoms with van der Waals surface area (Å²) in [7, 11) is 0. The summed E-state index contributed by atoms with van der Waals surface area (Å²) in [6.45, 7) is 8.60. The molecule has 0 unspecified atom stereocenters. The first kappa shape index (κ1) is 17.4. The Kier molecular flexibility index (Phi) is 5.84. The topological polar surface area (TPSA) is 38.3 Å². The molecular weight excluding hydrogens is 267 g/mol. The summed E-state index contributed by atoms with van der Waals surface area (Å²) in [5.41, 5.74) is -5.52. The molecule has 0 heterocycles. The third kappa shape index (κ3) is 10.6. The number of alkyl carbamates (subject to hydrolysis) is 1. The zero-order chi connectivity index (χ0) is 14.6. The average molecular weight is 287 g/mol. The minimum Gasteiger partial charge on any atom is -0.444 e. The van der Waals surface area contributed by atoms with Gasteiger partial charge in [-0.1, -0.05) is 25.6 Å². The maximum atomic E-state index is 12.1. The van der Waals surface area contributed by atoms with E-state index in [1.54, 1.807) is 34.6 Å². The lowest BCUT2D eigenvalue weighted by molar-refractivity contribution is -0.0332. The molecule has 1 N–H and O–H groups in total. The van der Waals surface area contributed by atoms with Gasteiger partial charge in [0.1, 0.15) is 5.60 Å². The molecule has 108 valence electrons. The van der Waals surface area contributed by atoms with Crippen molar-refractivity contribution in [2.24, 2.45) is 5.41 Å². The first-order valence-electron chi connectivity index (χ1n) is 5.48. The molecule has 0 radical (unpaired) electrons. The second-order valence-electron chi connectivity index (χ2n) is 5.75. The predicted molar refractivity (Wildman–Crippen MR) is 66.5 cm³/mol. The first-order valence-corrected chi connectivity index (χ1v) is 6.47. The van der Waals surface area contributed by atoms with Gasteiger partial charge in [0.2, 0.25) is 0 Å². The Labute approximate surface area is 110 Å². The average Bonchev–Trinajstić information content (AvgIpc) is 2.08. The van der Waals surface area contributed by atoms with Gasteiger partial charge in [0.25, 0.3) is 0 Å². The number of hydrogen-bond acceptors (Lipinski definition) is 3. The number of carbonyl (C=O) groups excluding carboxylic acids is 1. The van der Waals surface area contributed by atoms with Crippen LogP contribution < -0.4 is 5.32 Å². The maximum absolute atomic E-state index is 12.1. The van der Waals surface area contributed by atoms with Crippen molar-refractivity contribution in [2.45, 2.75) is 45.7 Å². The van der Waals surface area contributed by atoms with Gasteiger partial charge < -0.3 is 10.1 Å². The summed E-state index contributed by atoms with van der Waals surface area (Å²) in [6, 6.07) is 0. The van der Waals surface area contributed by atoms with Crippen LogP contribution in [0.25, 0.3) is 0 Å². The summed E-state index contributed by atoms with van der Waals surface area (Å²) in [6.07, 6.45) is -0.618. The van der Waals surface area contributed by atoms with Crippen molar-refractivity contribution < 1.29 is 22.7 Å². The zero-order valence-electron chi connectivity index (χ0n) is 11.3. The molecule has 0 fully saturated rings. The highest BCUT2D eigenvalue weighted by atomic mass is 32.2. The Balaban J connectivity index is 4.07. The van der Waals surface area contributed by atoms with Gasteiger partial charge in [0.05, 0.1) is 0 Å². The van der Waals surface area contributed by atoms with E-state index in [1.807, 2.05) is 0 Å². The minimum atomic E-state index is -4.25. The molecule has 0 aromatic carbocycles. The molecule has 0 bridgehead atoms.